The van der Waals surface area contributed by atoms with Gasteiger partial charge in [0, 0.05) is 0 Å². The summed E-state index contributed by atoms with van der Waals surface area (Å²) in [5, 5.41) is 28.4. The minimum Gasteiger partial charge on any atom is -0.504 e. The first-order valence-corrected chi connectivity index (χ1v) is 7.92. The Morgan fingerprint density at radius 3 is 1.86 bits per heavy atom. The van der Waals surface area contributed by atoms with Crippen molar-refractivity contribution < 1.29 is 24.9 Å². The maximum atomic E-state index is 12.4. The van der Waals surface area contributed by atoms with Gasteiger partial charge in [-0.15, -0.1) is 0 Å². The van der Waals surface area contributed by atoms with Crippen molar-refractivity contribution in [3.63, 3.8) is 0 Å². The minimum absolute atomic E-state index is 0.0727. The summed E-state index contributed by atoms with van der Waals surface area (Å²) in [6.07, 6.45) is 6.58. The molecule has 4 aliphatic rings. The molecule has 4 bridgehead atoms. The molecule has 0 radical (unpaired) electrons. The highest BCUT2D eigenvalue weighted by molar-refractivity contribution is 5.91. The quantitative estimate of drug-likeness (QED) is 0.577. The number of rotatable bonds is 2. The third-order valence-electron chi connectivity index (χ3n) is 5.60. The highest BCUT2D eigenvalue weighted by Crippen LogP contribution is 2.57. The van der Waals surface area contributed by atoms with Crippen LogP contribution in [0.3, 0.4) is 0 Å². The summed E-state index contributed by atoms with van der Waals surface area (Å²) < 4.78 is 5.84. The monoisotopic (exact) mass is 304 g/mol. The largest absolute Gasteiger partial charge is 0.504 e. The highest BCUT2D eigenvalue weighted by atomic mass is 16.6. The van der Waals surface area contributed by atoms with Crippen molar-refractivity contribution >= 4 is 5.97 Å². The maximum absolute atomic E-state index is 12.4. The molecule has 0 heterocycles. The van der Waals surface area contributed by atoms with E-state index < -0.39 is 23.2 Å². The van der Waals surface area contributed by atoms with Crippen LogP contribution in [0.5, 0.6) is 17.2 Å². The lowest BCUT2D eigenvalue weighted by atomic mass is 9.54. The maximum Gasteiger partial charge on any atom is 0.338 e. The van der Waals surface area contributed by atoms with E-state index in [1.54, 1.807) is 0 Å². The molecule has 1 aromatic carbocycles. The molecule has 0 aromatic heterocycles. The van der Waals surface area contributed by atoms with Crippen molar-refractivity contribution in [1.29, 1.82) is 0 Å². The van der Waals surface area contributed by atoms with Gasteiger partial charge in [-0.05, 0) is 68.4 Å². The molecule has 0 saturated heterocycles. The molecule has 5 nitrogen and oxygen atoms in total. The van der Waals surface area contributed by atoms with Gasteiger partial charge in [0.05, 0.1) is 5.56 Å². The fourth-order valence-corrected chi connectivity index (χ4v) is 5.13. The Labute approximate surface area is 128 Å². The first-order valence-electron chi connectivity index (χ1n) is 7.92. The number of benzene rings is 1. The molecule has 4 aliphatic carbocycles. The zero-order valence-corrected chi connectivity index (χ0v) is 12.3. The number of carbonyl (C=O) groups excluding carboxylic acids is 1. The van der Waals surface area contributed by atoms with E-state index in [9.17, 15) is 20.1 Å². The zero-order valence-electron chi connectivity index (χ0n) is 12.3. The first kappa shape index (κ1) is 13.7. The Hall–Kier alpha value is -1.91. The normalized spacial score (nSPS) is 35.5. The van der Waals surface area contributed by atoms with E-state index in [4.69, 9.17) is 4.74 Å². The van der Waals surface area contributed by atoms with E-state index in [-0.39, 0.29) is 11.2 Å². The fraction of sp³-hybridized carbons (Fsp3) is 0.588. The summed E-state index contributed by atoms with van der Waals surface area (Å²) in [6.45, 7) is 0. The zero-order chi connectivity index (χ0) is 15.5. The van der Waals surface area contributed by atoms with Gasteiger partial charge in [0.15, 0.2) is 17.2 Å². The molecule has 22 heavy (non-hydrogen) atoms. The third-order valence-corrected chi connectivity index (χ3v) is 5.60. The standard InChI is InChI=1S/C17H20O5/c18-13-4-12(5-14(19)15(13)20)16(21)22-17-6-9-1-10(7-17)3-11(2-9)8-17/h4-5,9-11,18-20H,1-3,6-8H2. The van der Waals surface area contributed by atoms with Gasteiger partial charge >= 0.3 is 5.97 Å². The number of ether oxygens (including phenoxy) is 1. The van der Waals surface area contributed by atoms with Crippen LogP contribution < -0.4 is 0 Å². The van der Waals surface area contributed by atoms with Crippen molar-refractivity contribution in [2.75, 3.05) is 0 Å². The van der Waals surface area contributed by atoms with Crippen molar-refractivity contribution in [3.05, 3.63) is 17.7 Å². The van der Waals surface area contributed by atoms with Crippen molar-refractivity contribution in [3.8, 4) is 17.2 Å². The second-order valence-corrected chi connectivity index (χ2v) is 7.35. The van der Waals surface area contributed by atoms with Gasteiger partial charge in [-0.1, -0.05) is 0 Å². The van der Waals surface area contributed by atoms with Gasteiger partial charge in [0.1, 0.15) is 5.60 Å². The van der Waals surface area contributed by atoms with Crippen LogP contribution in [0.1, 0.15) is 48.9 Å². The highest BCUT2D eigenvalue weighted by Gasteiger charge is 2.53. The molecule has 118 valence electrons. The van der Waals surface area contributed by atoms with Crippen LogP contribution in [0.2, 0.25) is 0 Å². The lowest BCUT2D eigenvalue weighted by molar-refractivity contribution is -0.131. The number of hydrogen-bond donors (Lipinski definition) is 3. The van der Waals surface area contributed by atoms with Gasteiger partial charge in [-0.2, -0.15) is 0 Å². The second kappa shape index (κ2) is 4.54. The molecule has 0 amide bonds. The van der Waals surface area contributed by atoms with Gasteiger partial charge in [0.2, 0.25) is 0 Å². The molecule has 5 heteroatoms. The van der Waals surface area contributed by atoms with E-state index in [1.807, 2.05) is 0 Å². The number of phenols is 3. The molecule has 0 spiro atoms. The average molecular weight is 304 g/mol. The van der Waals surface area contributed by atoms with E-state index in [0.717, 1.165) is 31.4 Å². The van der Waals surface area contributed by atoms with Gasteiger partial charge < -0.3 is 20.1 Å². The Morgan fingerprint density at radius 1 is 0.955 bits per heavy atom. The topological polar surface area (TPSA) is 87.0 Å². The van der Waals surface area contributed by atoms with Crippen molar-refractivity contribution in [2.45, 2.75) is 44.1 Å². The number of carbonyl (C=O) groups is 1. The lowest BCUT2D eigenvalue weighted by Gasteiger charge is -2.55. The molecular weight excluding hydrogens is 284 g/mol. The molecule has 0 atom stereocenters. The van der Waals surface area contributed by atoms with Crippen LogP contribution in [0.15, 0.2) is 12.1 Å². The predicted molar refractivity (Wildman–Crippen MR) is 77.8 cm³/mol. The van der Waals surface area contributed by atoms with Crippen LogP contribution in [-0.4, -0.2) is 26.9 Å². The van der Waals surface area contributed by atoms with Gasteiger partial charge in [-0.3, -0.25) is 0 Å². The van der Waals surface area contributed by atoms with Crippen LogP contribution in [-0.2, 0) is 4.74 Å². The van der Waals surface area contributed by atoms with Crippen LogP contribution in [0.4, 0.5) is 0 Å². The van der Waals surface area contributed by atoms with Gasteiger partial charge in [-0.25, -0.2) is 4.79 Å². The van der Waals surface area contributed by atoms with E-state index in [0.29, 0.717) is 17.8 Å². The fourth-order valence-electron chi connectivity index (χ4n) is 5.13. The molecule has 0 unspecified atom stereocenters. The number of phenolic OH excluding ortho intramolecular Hbond substituents is 3. The van der Waals surface area contributed by atoms with Crippen molar-refractivity contribution in [2.24, 2.45) is 17.8 Å². The van der Waals surface area contributed by atoms with Crippen LogP contribution >= 0.6 is 0 Å². The molecule has 1 aromatic rings. The minimum atomic E-state index is -0.619. The number of hydrogen-bond acceptors (Lipinski definition) is 5. The van der Waals surface area contributed by atoms with E-state index in [2.05, 4.69) is 0 Å². The molecule has 4 saturated carbocycles. The Kier molecular flexibility index (Phi) is 2.83. The van der Waals surface area contributed by atoms with Crippen LogP contribution in [0, 0.1) is 17.8 Å². The molecule has 3 N–H and O–H groups in total. The number of aromatic hydroxyl groups is 3. The molecule has 4 fully saturated rings. The van der Waals surface area contributed by atoms with E-state index in [1.165, 1.54) is 19.3 Å². The SMILES string of the molecule is O=C(OC12CC3CC(CC(C3)C1)C2)c1cc(O)c(O)c(O)c1. The summed E-state index contributed by atoms with van der Waals surface area (Å²) in [5.41, 5.74) is -0.293. The summed E-state index contributed by atoms with van der Waals surface area (Å²) in [6, 6.07) is 2.27. The van der Waals surface area contributed by atoms with Crippen LogP contribution in [0.25, 0.3) is 0 Å². The second-order valence-electron chi connectivity index (χ2n) is 7.35. The summed E-state index contributed by atoms with van der Waals surface area (Å²) in [5.74, 6) is -0.184. The average Bonchev–Trinajstić information content (AvgIpc) is 2.42. The Morgan fingerprint density at radius 2 is 1.41 bits per heavy atom. The Balaban J connectivity index is 1.57. The van der Waals surface area contributed by atoms with E-state index >= 15 is 0 Å². The van der Waals surface area contributed by atoms with Gasteiger partial charge in [0.25, 0.3) is 0 Å². The predicted octanol–water partition coefficient (Wildman–Crippen LogP) is 2.93. The summed E-state index contributed by atoms with van der Waals surface area (Å²) in [4.78, 5) is 12.4. The number of esters is 1. The van der Waals surface area contributed by atoms with Crippen molar-refractivity contribution in [1.82, 2.24) is 0 Å². The lowest BCUT2D eigenvalue weighted by Crippen LogP contribution is -2.52. The summed E-state index contributed by atoms with van der Waals surface area (Å²) in [7, 11) is 0. The smallest absolute Gasteiger partial charge is 0.338 e. The molecule has 5 rings (SSSR count). The Bertz CT molecular complexity index is 578. The molecular formula is C17H20O5. The third kappa shape index (κ3) is 2.11. The molecule has 0 aliphatic heterocycles. The first-order chi connectivity index (χ1) is 10.4. The summed E-state index contributed by atoms with van der Waals surface area (Å²) >= 11 is 0.